The Morgan fingerprint density at radius 2 is 1.63 bits per heavy atom. The Balaban J connectivity index is 2.16. The number of nitrogens with two attached hydrogens (primary N) is 2. The van der Waals surface area contributed by atoms with E-state index in [9.17, 15) is 0 Å². The van der Waals surface area contributed by atoms with E-state index in [1.807, 2.05) is 37.3 Å². The minimum absolute atomic E-state index is 0.0701. The molecule has 0 fully saturated rings. The summed E-state index contributed by atoms with van der Waals surface area (Å²) in [5.41, 5.74) is 12.7. The molecule has 0 saturated heterocycles. The van der Waals surface area contributed by atoms with Crippen molar-refractivity contribution < 1.29 is 9.47 Å². The molecule has 0 radical (unpaired) electrons. The molecule has 6 nitrogen and oxygen atoms in total. The van der Waals surface area contributed by atoms with E-state index in [1.165, 1.54) is 0 Å². The molecule has 0 unspecified atom stereocenters. The molecule has 0 atom stereocenters. The van der Waals surface area contributed by atoms with Gasteiger partial charge in [0.05, 0.1) is 6.61 Å². The molecule has 0 amide bonds. The predicted molar refractivity (Wildman–Crippen MR) is 72.8 cm³/mol. The zero-order valence-corrected chi connectivity index (χ0v) is 10.7. The summed E-state index contributed by atoms with van der Waals surface area (Å²) in [6.07, 6.45) is 0. The summed E-state index contributed by atoms with van der Waals surface area (Å²) in [4.78, 5) is 7.89. The fraction of sp³-hybridized carbons (Fsp3) is 0.231. The zero-order chi connectivity index (χ0) is 13.7. The summed E-state index contributed by atoms with van der Waals surface area (Å²) in [6, 6.07) is 9.70. The number of hydrogen-bond acceptors (Lipinski definition) is 6. The van der Waals surface area contributed by atoms with Gasteiger partial charge >= 0.3 is 0 Å². The molecule has 0 aliphatic carbocycles. The first-order valence-corrected chi connectivity index (χ1v) is 5.93. The van der Waals surface area contributed by atoms with Gasteiger partial charge in [-0.1, -0.05) is 30.3 Å². The molecule has 19 heavy (non-hydrogen) atoms. The normalized spacial score (nSPS) is 10.2. The van der Waals surface area contributed by atoms with Crippen LogP contribution in [0, 0.1) is 0 Å². The number of nitrogens with zero attached hydrogens (tertiary/aromatic N) is 2. The third-order valence-electron chi connectivity index (χ3n) is 2.39. The van der Waals surface area contributed by atoms with Crippen molar-refractivity contribution in [2.45, 2.75) is 13.5 Å². The first-order valence-electron chi connectivity index (χ1n) is 5.93. The van der Waals surface area contributed by atoms with Gasteiger partial charge < -0.3 is 20.9 Å². The van der Waals surface area contributed by atoms with Crippen LogP contribution in [0.2, 0.25) is 0 Å². The van der Waals surface area contributed by atoms with Gasteiger partial charge in [0.25, 0.3) is 0 Å². The molecule has 0 bridgehead atoms. The van der Waals surface area contributed by atoms with E-state index in [4.69, 9.17) is 20.9 Å². The largest absolute Gasteiger partial charge is 0.476 e. The molecule has 4 N–H and O–H groups in total. The Hall–Kier alpha value is -2.50. The molecule has 0 aliphatic heterocycles. The van der Waals surface area contributed by atoms with E-state index in [-0.39, 0.29) is 23.4 Å². The van der Waals surface area contributed by atoms with Crippen molar-refractivity contribution in [3.8, 4) is 11.8 Å². The van der Waals surface area contributed by atoms with E-state index < -0.39 is 0 Å². The number of anilines is 2. The monoisotopic (exact) mass is 260 g/mol. The summed E-state index contributed by atoms with van der Waals surface area (Å²) in [7, 11) is 0. The van der Waals surface area contributed by atoms with Crippen molar-refractivity contribution in [2.75, 3.05) is 18.1 Å². The van der Waals surface area contributed by atoms with Crippen LogP contribution in [-0.2, 0) is 6.61 Å². The maximum atomic E-state index is 5.87. The van der Waals surface area contributed by atoms with Gasteiger partial charge in [-0.25, -0.2) is 0 Å². The topological polar surface area (TPSA) is 96.3 Å². The Morgan fingerprint density at radius 1 is 1.00 bits per heavy atom. The van der Waals surface area contributed by atoms with Gasteiger partial charge in [-0.05, 0) is 12.5 Å². The second-order valence-electron chi connectivity index (χ2n) is 3.81. The van der Waals surface area contributed by atoms with Crippen LogP contribution in [0.4, 0.5) is 11.6 Å². The first kappa shape index (κ1) is 12.9. The number of aromatic nitrogens is 2. The van der Waals surface area contributed by atoms with Gasteiger partial charge in [0.15, 0.2) is 5.69 Å². The molecule has 0 aliphatic rings. The Labute approximate surface area is 111 Å². The van der Waals surface area contributed by atoms with E-state index in [0.717, 1.165) is 5.56 Å². The summed E-state index contributed by atoms with van der Waals surface area (Å²) in [5.74, 6) is 0.554. The molecular formula is C13H16N4O2. The van der Waals surface area contributed by atoms with Crippen molar-refractivity contribution in [3.63, 3.8) is 0 Å². The predicted octanol–water partition coefficient (Wildman–Crippen LogP) is 1.62. The van der Waals surface area contributed by atoms with E-state index in [1.54, 1.807) is 0 Å². The molecular weight excluding hydrogens is 244 g/mol. The van der Waals surface area contributed by atoms with E-state index >= 15 is 0 Å². The standard InChI is InChI=1S/C13H16N4O2/c1-2-18-11-10(14)12(17-13(15)16-11)19-8-9-6-4-3-5-7-9/h3-7H,2,8,14H2,1H3,(H2,15,16,17). The number of ether oxygens (including phenoxy) is 2. The van der Waals surface area contributed by atoms with Crippen LogP contribution in [0.5, 0.6) is 11.8 Å². The van der Waals surface area contributed by atoms with Crippen LogP contribution in [0.3, 0.4) is 0 Å². The lowest BCUT2D eigenvalue weighted by atomic mass is 10.2. The molecule has 1 heterocycles. The Bertz CT molecular complexity index is 546. The van der Waals surface area contributed by atoms with Crippen LogP contribution in [0.25, 0.3) is 0 Å². The highest BCUT2D eigenvalue weighted by atomic mass is 16.5. The highest BCUT2D eigenvalue weighted by Gasteiger charge is 2.12. The Morgan fingerprint density at radius 3 is 2.26 bits per heavy atom. The first-order chi connectivity index (χ1) is 9.20. The van der Waals surface area contributed by atoms with Crippen LogP contribution < -0.4 is 20.9 Å². The van der Waals surface area contributed by atoms with Gasteiger partial charge in [0.2, 0.25) is 17.7 Å². The van der Waals surface area contributed by atoms with Crippen LogP contribution in [0.1, 0.15) is 12.5 Å². The van der Waals surface area contributed by atoms with Crippen LogP contribution >= 0.6 is 0 Å². The zero-order valence-electron chi connectivity index (χ0n) is 10.7. The minimum Gasteiger partial charge on any atom is -0.476 e. The number of hydrogen-bond donors (Lipinski definition) is 2. The van der Waals surface area contributed by atoms with Crippen LogP contribution in [0.15, 0.2) is 30.3 Å². The number of nitrogen functional groups attached to an aromatic ring is 2. The molecule has 0 spiro atoms. The van der Waals surface area contributed by atoms with Crippen molar-refractivity contribution in [1.82, 2.24) is 9.97 Å². The van der Waals surface area contributed by atoms with Gasteiger partial charge in [-0.3, -0.25) is 0 Å². The van der Waals surface area contributed by atoms with Crippen LogP contribution in [-0.4, -0.2) is 16.6 Å². The highest BCUT2D eigenvalue weighted by Crippen LogP contribution is 2.29. The fourth-order valence-electron chi connectivity index (χ4n) is 1.53. The van der Waals surface area contributed by atoms with Crippen molar-refractivity contribution in [3.05, 3.63) is 35.9 Å². The maximum absolute atomic E-state index is 5.87. The molecule has 2 aromatic rings. The summed E-state index contributed by atoms with van der Waals surface area (Å²) >= 11 is 0. The lowest BCUT2D eigenvalue weighted by molar-refractivity contribution is 0.288. The molecule has 6 heteroatoms. The molecule has 1 aromatic heterocycles. The minimum atomic E-state index is 0.0701. The molecule has 0 saturated carbocycles. The lowest BCUT2D eigenvalue weighted by Gasteiger charge is -2.11. The fourth-order valence-corrected chi connectivity index (χ4v) is 1.53. The smallest absolute Gasteiger partial charge is 0.246 e. The molecule has 1 aromatic carbocycles. The lowest BCUT2D eigenvalue weighted by Crippen LogP contribution is -2.08. The SMILES string of the molecule is CCOc1nc(N)nc(OCc2ccccc2)c1N. The second kappa shape index (κ2) is 5.90. The molecule has 100 valence electrons. The third kappa shape index (κ3) is 3.25. The Kier molecular flexibility index (Phi) is 4.02. The summed E-state index contributed by atoms with van der Waals surface area (Å²) in [6.45, 7) is 2.63. The van der Waals surface area contributed by atoms with Gasteiger partial charge in [0.1, 0.15) is 6.61 Å². The third-order valence-corrected chi connectivity index (χ3v) is 2.39. The number of benzene rings is 1. The van der Waals surface area contributed by atoms with Gasteiger partial charge in [0, 0.05) is 0 Å². The average molecular weight is 260 g/mol. The average Bonchev–Trinajstić information content (AvgIpc) is 2.42. The van der Waals surface area contributed by atoms with Crippen molar-refractivity contribution in [1.29, 1.82) is 0 Å². The highest BCUT2D eigenvalue weighted by molar-refractivity contribution is 5.58. The van der Waals surface area contributed by atoms with E-state index in [0.29, 0.717) is 13.2 Å². The van der Waals surface area contributed by atoms with Crippen molar-refractivity contribution >= 4 is 11.6 Å². The molecule has 2 rings (SSSR count). The quantitative estimate of drug-likeness (QED) is 0.848. The summed E-state index contributed by atoms with van der Waals surface area (Å²) in [5, 5.41) is 0. The van der Waals surface area contributed by atoms with Crippen molar-refractivity contribution in [2.24, 2.45) is 0 Å². The summed E-state index contributed by atoms with van der Waals surface area (Å²) < 4.78 is 10.8. The van der Waals surface area contributed by atoms with Gasteiger partial charge in [-0.15, -0.1) is 0 Å². The van der Waals surface area contributed by atoms with Gasteiger partial charge in [-0.2, -0.15) is 9.97 Å². The second-order valence-corrected chi connectivity index (χ2v) is 3.81. The maximum Gasteiger partial charge on any atom is 0.246 e. The number of rotatable bonds is 5. The van der Waals surface area contributed by atoms with E-state index in [2.05, 4.69) is 9.97 Å².